The standard InChI is InChI=1S/C22H20Cl2O4/c1-2-27-21(22(25)26)14-16-7-9-20(10-8-16)28-11-5-3-4-6-17-12-18(23)15-19(24)13-17/h3,5,7-10,12-13,15,21H,2,11,14H2,1H3,(H,25,26)/b5-3+/t21-/m0/s1. The molecule has 0 heterocycles. The quantitative estimate of drug-likeness (QED) is 0.611. The third-order valence-electron chi connectivity index (χ3n) is 3.61. The molecule has 146 valence electrons. The molecule has 2 aromatic carbocycles. The van der Waals surface area contributed by atoms with Crippen LogP contribution in [0.4, 0.5) is 0 Å². The van der Waals surface area contributed by atoms with Crippen molar-refractivity contribution in [3.8, 4) is 17.6 Å². The molecular formula is C22H20Cl2O4. The minimum absolute atomic E-state index is 0.312. The Morgan fingerprint density at radius 2 is 1.86 bits per heavy atom. The van der Waals surface area contributed by atoms with Gasteiger partial charge in [0.2, 0.25) is 0 Å². The van der Waals surface area contributed by atoms with Crippen molar-refractivity contribution in [2.24, 2.45) is 0 Å². The molecule has 0 aliphatic heterocycles. The molecule has 0 amide bonds. The van der Waals surface area contributed by atoms with Crippen molar-refractivity contribution in [2.45, 2.75) is 19.4 Å². The molecule has 4 nitrogen and oxygen atoms in total. The maximum Gasteiger partial charge on any atom is 0.333 e. The Morgan fingerprint density at radius 3 is 2.46 bits per heavy atom. The fourth-order valence-corrected chi connectivity index (χ4v) is 2.88. The van der Waals surface area contributed by atoms with Gasteiger partial charge in [0.05, 0.1) is 0 Å². The van der Waals surface area contributed by atoms with Gasteiger partial charge < -0.3 is 14.6 Å². The van der Waals surface area contributed by atoms with E-state index in [1.54, 1.807) is 49.4 Å². The SMILES string of the molecule is CCO[C@@H](Cc1ccc(OC/C=C/C#Cc2cc(Cl)cc(Cl)c2)cc1)C(=O)O. The van der Waals surface area contributed by atoms with Crippen LogP contribution in [0.25, 0.3) is 0 Å². The van der Waals surface area contributed by atoms with E-state index in [0.717, 1.165) is 11.1 Å². The summed E-state index contributed by atoms with van der Waals surface area (Å²) >= 11 is 11.8. The van der Waals surface area contributed by atoms with E-state index < -0.39 is 12.1 Å². The average molecular weight is 419 g/mol. The van der Waals surface area contributed by atoms with Gasteiger partial charge in [0.1, 0.15) is 12.4 Å². The van der Waals surface area contributed by atoms with Crippen LogP contribution in [0, 0.1) is 11.8 Å². The van der Waals surface area contributed by atoms with Gasteiger partial charge in [-0.3, -0.25) is 0 Å². The summed E-state index contributed by atoms with van der Waals surface area (Å²) in [6, 6.07) is 12.4. The normalized spacial score (nSPS) is 11.7. The molecule has 1 N–H and O–H groups in total. The number of benzene rings is 2. The lowest BCUT2D eigenvalue weighted by atomic mass is 10.1. The van der Waals surface area contributed by atoms with Crippen molar-refractivity contribution in [3.63, 3.8) is 0 Å². The zero-order valence-corrected chi connectivity index (χ0v) is 16.8. The number of carboxylic acid groups (broad SMARTS) is 1. The van der Waals surface area contributed by atoms with E-state index in [4.69, 9.17) is 37.8 Å². The van der Waals surface area contributed by atoms with Gasteiger partial charge in [-0.05, 0) is 55.0 Å². The summed E-state index contributed by atoms with van der Waals surface area (Å²) < 4.78 is 10.8. The van der Waals surface area contributed by atoms with Crippen molar-refractivity contribution in [1.29, 1.82) is 0 Å². The molecule has 6 heteroatoms. The Morgan fingerprint density at radius 1 is 1.18 bits per heavy atom. The third kappa shape index (κ3) is 7.66. The van der Waals surface area contributed by atoms with Crippen molar-refractivity contribution >= 4 is 29.2 Å². The van der Waals surface area contributed by atoms with Crippen molar-refractivity contribution in [3.05, 3.63) is 75.8 Å². The molecule has 0 radical (unpaired) electrons. The molecule has 0 saturated carbocycles. The van der Waals surface area contributed by atoms with Gasteiger partial charge in [0.25, 0.3) is 0 Å². The zero-order chi connectivity index (χ0) is 20.4. The topological polar surface area (TPSA) is 55.8 Å². The Balaban J connectivity index is 1.82. The number of hydrogen-bond donors (Lipinski definition) is 1. The van der Waals surface area contributed by atoms with Gasteiger partial charge in [0.15, 0.2) is 6.10 Å². The van der Waals surface area contributed by atoms with E-state index in [1.807, 2.05) is 12.1 Å². The van der Waals surface area contributed by atoms with Crippen LogP contribution in [0.5, 0.6) is 5.75 Å². The molecule has 0 saturated heterocycles. The Labute approximate surface area is 174 Å². The molecule has 0 aliphatic carbocycles. The summed E-state index contributed by atoms with van der Waals surface area (Å²) in [6.45, 7) is 2.49. The predicted octanol–water partition coefficient (Wildman–Crippen LogP) is 5.01. The monoisotopic (exact) mass is 418 g/mol. The lowest BCUT2D eigenvalue weighted by molar-refractivity contribution is -0.149. The lowest BCUT2D eigenvalue weighted by Crippen LogP contribution is -2.26. The van der Waals surface area contributed by atoms with Gasteiger partial charge in [-0.2, -0.15) is 0 Å². The largest absolute Gasteiger partial charge is 0.490 e. The van der Waals surface area contributed by atoms with E-state index in [0.29, 0.717) is 35.4 Å². The van der Waals surface area contributed by atoms with Crippen LogP contribution >= 0.6 is 23.2 Å². The van der Waals surface area contributed by atoms with Crippen LogP contribution in [0.2, 0.25) is 10.0 Å². The number of hydrogen-bond acceptors (Lipinski definition) is 3. The molecule has 0 aliphatic rings. The Bertz CT molecular complexity index is 859. The third-order valence-corrected chi connectivity index (χ3v) is 4.05. The van der Waals surface area contributed by atoms with Crippen LogP contribution in [-0.4, -0.2) is 30.4 Å². The molecule has 0 bridgehead atoms. The minimum atomic E-state index is -0.964. The van der Waals surface area contributed by atoms with Gasteiger partial charge >= 0.3 is 5.97 Å². The molecule has 0 aromatic heterocycles. The summed E-state index contributed by atoms with van der Waals surface area (Å²) in [6.07, 6.45) is 2.96. The maximum absolute atomic E-state index is 11.1. The first kappa shape index (κ1) is 21.8. The first-order valence-electron chi connectivity index (χ1n) is 8.66. The summed E-state index contributed by atoms with van der Waals surface area (Å²) in [5.41, 5.74) is 1.61. The highest BCUT2D eigenvalue weighted by Crippen LogP contribution is 2.18. The van der Waals surface area contributed by atoms with Crippen molar-refractivity contribution in [2.75, 3.05) is 13.2 Å². The molecule has 1 atom stereocenters. The van der Waals surface area contributed by atoms with Gasteiger partial charge in [-0.15, -0.1) is 0 Å². The van der Waals surface area contributed by atoms with Crippen molar-refractivity contribution < 1.29 is 19.4 Å². The summed E-state index contributed by atoms with van der Waals surface area (Å²) in [7, 11) is 0. The van der Waals surface area contributed by atoms with Crippen LogP contribution in [-0.2, 0) is 16.0 Å². The zero-order valence-electron chi connectivity index (χ0n) is 15.3. The first-order valence-corrected chi connectivity index (χ1v) is 9.42. The van der Waals surface area contributed by atoms with E-state index in [9.17, 15) is 4.79 Å². The maximum atomic E-state index is 11.1. The molecule has 2 aromatic rings. The number of aliphatic carboxylic acids is 1. The number of allylic oxidation sites excluding steroid dienone is 1. The summed E-state index contributed by atoms with van der Waals surface area (Å²) in [5, 5.41) is 10.2. The smallest absolute Gasteiger partial charge is 0.333 e. The highest BCUT2D eigenvalue weighted by Gasteiger charge is 2.17. The molecule has 28 heavy (non-hydrogen) atoms. The predicted molar refractivity (Wildman–Crippen MR) is 111 cm³/mol. The number of carboxylic acids is 1. The van der Waals surface area contributed by atoms with Crippen LogP contribution in [0.15, 0.2) is 54.6 Å². The van der Waals surface area contributed by atoms with E-state index in [2.05, 4.69) is 11.8 Å². The second-order valence-electron chi connectivity index (χ2n) is 5.77. The minimum Gasteiger partial charge on any atom is -0.490 e. The highest BCUT2D eigenvalue weighted by molar-refractivity contribution is 6.34. The molecule has 0 spiro atoms. The van der Waals surface area contributed by atoms with Crippen LogP contribution in [0.3, 0.4) is 0 Å². The number of rotatable bonds is 8. The number of carbonyl (C=O) groups is 1. The Kier molecular flexibility index (Phi) is 8.90. The Hall–Kier alpha value is -2.45. The molecular weight excluding hydrogens is 399 g/mol. The fraction of sp³-hybridized carbons (Fsp3) is 0.227. The highest BCUT2D eigenvalue weighted by atomic mass is 35.5. The van der Waals surface area contributed by atoms with E-state index in [1.165, 1.54) is 0 Å². The lowest BCUT2D eigenvalue weighted by Gasteiger charge is -2.12. The molecule has 0 fully saturated rings. The van der Waals surface area contributed by atoms with Gasteiger partial charge in [-0.25, -0.2) is 4.79 Å². The second-order valence-corrected chi connectivity index (χ2v) is 6.64. The summed E-state index contributed by atoms with van der Waals surface area (Å²) in [5.74, 6) is 5.57. The molecule has 2 rings (SSSR count). The van der Waals surface area contributed by atoms with E-state index >= 15 is 0 Å². The van der Waals surface area contributed by atoms with Crippen LogP contribution < -0.4 is 4.74 Å². The second kappa shape index (κ2) is 11.4. The van der Waals surface area contributed by atoms with E-state index in [-0.39, 0.29) is 0 Å². The summed E-state index contributed by atoms with van der Waals surface area (Å²) in [4.78, 5) is 11.1. The van der Waals surface area contributed by atoms with Crippen LogP contribution in [0.1, 0.15) is 18.1 Å². The first-order chi connectivity index (χ1) is 13.5. The van der Waals surface area contributed by atoms with Gasteiger partial charge in [0, 0.05) is 28.6 Å². The number of halogens is 2. The van der Waals surface area contributed by atoms with Crippen molar-refractivity contribution in [1.82, 2.24) is 0 Å². The fourth-order valence-electron chi connectivity index (χ4n) is 2.36. The average Bonchev–Trinajstić information content (AvgIpc) is 2.64. The van der Waals surface area contributed by atoms with Gasteiger partial charge in [-0.1, -0.05) is 47.2 Å². The molecule has 0 unspecified atom stereocenters. The number of ether oxygens (including phenoxy) is 2.